The Kier molecular flexibility index (Phi) is 7.29. The summed E-state index contributed by atoms with van der Waals surface area (Å²) in [4.78, 5) is 16.7. The predicted octanol–water partition coefficient (Wildman–Crippen LogP) is 3.63. The van der Waals surface area contributed by atoms with Crippen LogP contribution in [0.15, 0.2) is 47.5 Å². The number of nitrogens with two attached hydrogens (primary N) is 1. The van der Waals surface area contributed by atoms with Crippen molar-refractivity contribution in [3.05, 3.63) is 58.7 Å². The number of halogens is 1. The van der Waals surface area contributed by atoms with E-state index in [0.29, 0.717) is 32.9 Å². The van der Waals surface area contributed by atoms with E-state index in [1.54, 1.807) is 44.2 Å². The number of pyridine rings is 1. The van der Waals surface area contributed by atoms with Gasteiger partial charge in [-0.2, -0.15) is 0 Å². The Bertz CT molecular complexity index is 1550. The molecule has 36 heavy (non-hydrogen) atoms. The highest BCUT2D eigenvalue weighted by molar-refractivity contribution is 7.92. The number of fused-ring (bicyclic) bond motifs is 1. The number of benzene rings is 2. The van der Waals surface area contributed by atoms with Crippen molar-refractivity contribution in [3.8, 4) is 0 Å². The van der Waals surface area contributed by atoms with Crippen molar-refractivity contribution >= 4 is 59.6 Å². The Morgan fingerprint density at radius 1 is 1.17 bits per heavy atom. The fraction of sp³-hybridized carbons (Fsp3) is 0.333. The van der Waals surface area contributed by atoms with Gasteiger partial charge < -0.3 is 11.1 Å². The second-order valence-corrected chi connectivity index (χ2v) is 13.6. The van der Waals surface area contributed by atoms with Gasteiger partial charge in [0, 0.05) is 35.4 Å². The number of hydrogen-bond donors (Lipinski definition) is 2. The van der Waals surface area contributed by atoms with Gasteiger partial charge in [-0.15, -0.1) is 0 Å². The number of aryl methyl sites for hydroxylation is 1. The Hall–Kier alpha value is -2.73. The molecule has 1 amide bonds. The zero-order valence-electron chi connectivity index (χ0n) is 19.9. The second kappa shape index (κ2) is 9.97. The summed E-state index contributed by atoms with van der Waals surface area (Å²) in [6.07, 6.45) is 1.76. The normalized spacial score (nSPS) is 15.8. The van der Waals surface area contributed by atoms with E-state index in [-0.39, 0.29) is 42.1 Å². The molecule has 0 radical (unpaired) electrons. The van der Waals surface area contributed by atoms with Crippen LogP contribution in [0.25, 0.3) is 10.9 Å². The maximum Gasteiger partial charge on any atom is 0.252 e. The molecule has 0 unspecified atom stereocenters. The minimum absolute atomic E-state index is 0.0219. The SMILES string of the molecule is CCS(=O)(=O)N1CCC(S(=O)(=O)c2cc(C)c3ncc(C(N)=O)c(Nc4cccc(Cl)c4)c3c2)CC1. The van der Waals surface area contributed by atoms with Crippen molar-refractivity contribution in [1.29, 1.82) is 0 Å². The first-order valence-electron chi connectivity index (χ1n) is 11.4. The number of carbonyl (C=O) groups is 1. The molecule has 0 atom stereocenters. The number of primary amides is 1. The van der Waals surface area contributed by atoms with Gasteiger partial charge in [-0.05, 0) is 62.6 Å². The molecular formula is C24H27ClN4O5S2. The van der Waals surface area contributed by atoms with E-state index in [0.717, 1.165) is 0 Å². The van der Waals surface area contributed by atoms with E-state index in [1.165, 1.54) is 16.6 Å². The van der Waals surface area contributed by atoms with E-state index in [4.69, 9.17) is 17.3 Å². The van der Waals surface area contributed by atoms with Crippen molar-refractivity contribution in [2.24, 2.45) is 5.73 Å². The third-order valence-corrected chi connectivity index (χ3v) is 10.8. The van der Waals surface area contributed by atoms with Gasteiger partial charge in [-0.1, -0.05) is 17.7 Å². The number of nitrogens with zero attached hydrogens (tertiary/aromatic N) is 2. The lowest BCUT2D eigenvalue weighted by atomic mass is 10.1. The second-order valence-electron chi connectivity index (χ2n) is 8.73. The van der Waals surface area contributed by atoms with Crippen LogP contribution in [0.2, 0.25) is 5.02 Å². The van der Waals surface area contributed by atoms with Crippen LogP contribution >= 0.6 is 11.6 Å². The molecule has 0 bridgehead atoms. The minimum Gasteiger partial charge on any atom is -0.365 e. The average molecular weight is 551 g/mol. The van der Waals surface area contributed by atoms with Crippen LogP contribution in [0.3, 0.4) is 0 Å². The van der Waals surface area contributed by atoms with Crippen LogP contribution in [0.4, 0.5) is 11.4 Å². The largest absolute Gasteiger partial charge is 0.365 e. The van der Waals surface area contributed by atoms with Crippen molar-refractivity contribution in [1.82, 2.24) is 9.29 Å². The molecule has 4 rings (SSSR count). The highest BCUT2D eigenvalue weighted by atomic mass is 35.5. The van der Waals surface area contributed by atoms with Crippen molar-refractivity contribution in [2.45, 2.75) is 36.8 Å². The van der Waals surface area contributed by atoms with Gasteiger partial charge in [-0.25, -0.2) is 21.1 Å². The summed E-state index contributed by atoms with van der Waals surface area (Å²) in [7, 11) is -7.17. The number of amides is 1. The van der Waals surface area contributed by atoms with Gasteiger partial charge in [0.1, 0.15) is 0 Å². The molecule has 1 aromatic heterocycles. The molecule has 1 fully saturated rings. The Balaban J connectivity index is 1.78. The van der Waals surface area contributed by atoms with Gasteiger partial charge in [0.2, 0.25) is 10.0 Å². The maximum absolute atomic E-state index is 13.6. The van der Waals surface area contributed by atoms with Crippen molar-refractivity contribution in [3.63, 3.8) is 0 Å². The van der Waals surface area contributed by atoms with Gasteiger partial charge in [0.05, 0.1) is 32.7 Å². The summed E-state index contributed by atoms with van der Waals surface area (Å²) >= 11 is 6.11. The zero-order chi connectivity index (χ0) is 26.3. The summed E-state index contributed by atoms with van der Waals surface area (Å²) in [6, 6.07) is 9.94. The molecular weight excluding hydrogens is 524 g/mol. The lowest BCUT2D eigenvalue weighted by Gasteiger charge is -2.30. The highest BCUT2D eigenvalue weighted by Crippen LogP contribution is 2.35. The number of carbonyl (C=O) groups excluding carboxylic acids is 1. The summed E-state index contributed by atoms with van der Waals surface area (Å²) in [5.74, 6) is -0.740. The van der Waals surface area contributed by atoms with Crippen LogP contribution in [-0.4, -0.2) is 56.1 Å². The van der Waals surface area contributed by atoms with Crippen LogP contribution in [0, 0.1) is 6.92 Å². The lowest BCUT2D eigenvalue weighted by molar-refractivity contribution is 0.100. The molecule has 3 N–H and O–H groups in total. The maximum atomic E-state index is 13.6. The monoisotopic (exact) mass is 550 g/mol. The van der Waals surface area contributed by atoms with Gasteiger partial charge in [-0.3, -0.25) is 9.78 Å². The number of aromatic nitrogens is 1. The number of rotatable bonds is 7. The molecule has 1 aliphatic rings. The van der Waals surface area contributed by atoms with E-state index in [2.05, 4.69) is 10.3 Å². The molecule has 9 nitrogen and oxygen atoms in total. The summed E-state index contributed by atoms with van der Waals surface area (Å²) < 4.78 is 53.0. The number of anilines is 2. The highest BCUT2D eigenvalue weighted by Gasteiger charge is 2.35. The van der Waals surface area contributed by atoms with Crippen LogP contribution in [-0.2, 0) is 19.9 Å². The van der Waals surface area contributed by atoms with Gasteiger partial charge in [0.25, 0.3) is 5.91 Å². The average Bonchev–Trinajstić information content (AvgIpc) is 2.84. The van der Waals surface area contributed by atoms with Crippen LogP contribution < -0.4 is 11.1 Å². The van der Waals surface area contributed by atoms with E-state index < -0.39 is 31.0 Å². The third-order valence-electron chi connectivity index (χ3n) is 6.42. The standard InChI is InChI=1S/C24H27ClN4O5S2/c1-3-35(31,32)29-9-7-18(8-10-29)36(33,34)19-11-15(2)22-20(13-19)23(21(14-27-22)24(26)30)28-17-6-4-5-16(25)12-17/h4-6,11-14,18H,3,7-10H2,1-2H3,(H2,26,30)(H,27,28). The first-order valence-corrected chi connectivity index (χ1v) is 14.9. The van der Waals surface area contributed by atoms with E-state index in [9.17, 15) is 21.6 Å². The van der Waals surface area contributed by atoms with Crippen molar-refractivity contribution < 1.29 is 21.6 Å². The van der Waals surface area contributed by atoms with E-state index in [1.807, 2.05) is 0 Å². The predicted molar refractivity (Wildman–Crippen MR) is 141 cm³/mol. The number of sulfonamides is 1. The molecule has 3 aromatic rings. The molecule has 1 aliphatic heterocycles. The molecule has 0 aliphatic carbocycles. The smallest absolute Gasteiger partial charge is 0.252 e. The van der Waals surface area contributed by atoms with Gasteiger partial charge >= 0.3 is 0 Å². The van der Waals surface area contributed by atoms with Crippen LogP contribution in [0.1, 0.15) is 35.7 Å². The zero-order valence-corrected chi connectivity index (χ0v) is 22.3. The molecule has 12 heteroatoms. The molecule has 2 aromatic carbocycles. The fourth-order valence-corrected chi connectivity index (χ4v) is 7.60. The summed E-state index contributed by atoms with van der Waals surface area (Å²) in [5.41, 5.74) is 7.77. The fourth-order valence-electron chi connectivity index (χ4n) is 4.44. The van der Waals surface area contributed by atoms with Gasteiger partial charge in [0.15, 0.2) is 9.84 Å². The van der Waals surface area contributed by atoms with Crippen molar-refractivity contribution in [2.75, 3.05) is 24.2 Å². The Labute approximate surface area is 215 Å². The Morgan fingerprint density at radius 3 is 2.47 bits per heavy atom. The van der Waals surface area contributed by atoms with Crippen LogP contribution in [0.5, 0.6) is 0 Å². The van der Waals surface area contributed by atoms with E-state index >= 15 is 0 Å². The molecule has 1 saturated heterocycles. The number of nitrogens with one attached hydrogen (secondary N) is 1. The first kappa shape index (κ1) is 26.3. The first-order chi connectivity index (χ1) is 16.9. The number of piperidine rings is 1. The number of hydrogen-bond acceptors (Lipinski definition) is 7. The lowest BCUT2D eigenvalue weighted by Crippen LogP contribution is -2.43. The molecule has 0 saturated carbocycles. The third kappa shape index (κ3) is 5.06. The summed E-state index contributed by atoms with van der Waals surface area (Å²) in [6.45, 7) is 3.63. The molecule has 192 valence electrons. The number of sulfone groups is 1. The minimum atomic E-state index is -3.80. The molecule has 2 heterocycles. The quantitative estimate of drug-likeness (QED) is 0.458. The molecule has 0 spiro atoms. The summed E-state index contributed by atoms with van der Waals surface area (Å²) in [5, 5.41) is 3.34. The Morgan fingerprint density at radius 2 is 1.86 bits per heavy atom. The topological polar surface area (TPSA) is 140 Å².